The lowest BCUT2D eigenvalue weighted by molar-refractivity contribution is -0.145. The Kier molecular flexibility index (Phi) is 6.64. The standard InChI is InChI=1S/C9H19N3O3/c1-3-15-9(14)6(10)4-5-7(12-2)8(11)13/h6-7,12H,3-5,10H2,1-2H3,(H2,11,13). The third kappa shape index (κ3) is 5.34. The molecule has 6 nitrogen and oxygen atoms in total. The summed E-state index contributed by atoms with van der Waals surface area (Å²) in [5, 5.41) is 2.75. The first-order valence-electron chi connectivity index (χ1n) is 4.91. The maximum atomic E-state index is 11.1. The predicted molar refractivity (Wildman–Crippen MR) is 55.9 cm³/mol. The normalized spacial score (nSPS) is 14.3. The van der Waals surface area contributed by atoms with Crippen LogP contribution in [0.2, 0.25) is 0 Å². The minimum Gasteiger partial charge on any atom is -0.465 e. The van der Waals surface area contributed by atoms with Crippen LogP contribution in [0, 0.1) is 0 Å². The molecule has 2 atom stereocenters. The maximum Gasteiger partial charge on any atom is 0.322 e. The quantitative estimate of drug-likeness (QED) is 0.461. The molecule has 0 bridgehead atoms. The lowest BCUT2D eigenvalue weighted by atomic mass is 10.1. The van der Waals surface area contributed by atoms with Gasteiger partial charge < -0.3 is 21.5 Å². The second kappa shape index (κ2) is 7.19. The Hall–Kier alpha value is -1.14. The number of carbonyl (C=O) groups is 2. The van der Waals surface area contributed by atoms with E-state index in [-0.39, 0.29) is 0 Å². The zero-order chi connectivity index (χ0) is 11.8. The Morgan fingerprint density at radius 3 is 2.40 bits per heavy atom. The Bertz CT molecular complexity index is 221. The van der Waals surface area contributed by atoms with Gasteiger partial charge in [-0.1, -0.05) is 0 Å². The average molecular weight is 217 g/mol. The highest BCUT2D eigenvalue weighted by atomic mass is 16.5. The molecule has 0 aliphatic carbocycles. The molecule has 88 valence electrons. The number of primary amides is 1. The predicted octanol–water partition coefficient (Wildman–Crippen LogP) is -1.27. The van der Waals surface area contributed by atoms with Crippen molar-refractivity contribution in [1.82, 2.24) is 5.32 Å². The van der Waals surface area contributed by atoms with E-state index in [0.29, 0.717) is 19.4 Å². The number of likely N-dealkylation sites (N-methyl/N-ethyl adjacent to an activating group) is 1. The van der Waals surface area contributed by atoms with E-state index in [1.807, 2.05) is 0 Å². The van der Waals surface area contributed by atoms with Gasteiger partial charge in [0.25, 0.3) is 0 Å². The SMILES string of the molecule is CCOC(=O)C(N)CCC(NC)C(N)=O. The zero-order valence-electron chi connectivity index (χ0n) is 9.16. The van der Waals surface area contributed by atoms with Crippen molar-refractivity contribution in [3.63, 3.8) is 0 Å². The van der Waals surface area contributed by atoms with Gasteiger partial charge in [-0.2, -0.15) is 0 Å². The summed E-state index contributed by atoms with van der Waals surface area (Å²) in [7, 11) is 1.63. The first-order chi connectivity index (χ1) is 7.02. The molecule has 0 heterocycles. The average Bonchev–Trinajstić information content (AvgIpc) is 2.18. The largest absolute Gasteiger partial charge is 0.465 e. The lowest BCUT2D eigenvalue weighted by Gasteiger charge is -2.14. The molecule has 0 radical (unpaired) electrons. The van der Waals surface area contributed by atoms with Gasteiger partial charge in [0, 0.05) is 0 Å². The van der Waals surface area contributed by atoms with E-state index in [2.05, 4.69) is 5.32 Å². The fourth-order valence-corrected chi connectivity index (χ4v) is 1.14. The van der Waals surface area contributed by atoms with Crippen LogP contribution in [0.3, 0.4) is 0 Å². The molecular weight excluding hydrogens is 198 g/mol. The van der Waals surface area contributed by atoms with Crippen LogP contribution in [0.25, 0.3) is 0 Å². The summed E-state index contributed by atoms with van der Waals surface area (Å²) in [5.74, 6) is -0.898. The molecule has 0 saturated carbocycles. The number of carbonyl (C=O) groups excluding carboxylic acids is 2. The number of nitrogens with two attached hydrogens (primary N) is 2. The number of ether oxygens (including phenoxy) is 1. The van der Waals surface area contributed by atoms with E-state index in [1.165, 1.54) is 0 Å². The molecule has 0 aliphatic rings. The summed E-state index contributed by atoms with van der Waals surface area (Å²) >= 11 is 0. The van der Waals surface area contributed by atoms with Gasteiger partial charge in [-0.05, 0) is 26.8 Å². The number of amides is 1. The van der Waals surface area contributed by atoms with E-state index < -0.39 is 24.0 Å². The minimum atomic E-state index is -0.694. The summed E-state index contributed by atoms with van der Waals surface area (Å²) in [6, 6.07) is -1.15. The highest BCUT2D eigenvalue weighted by Gasteiger charge is 2.19. The Morgan fingerprint density at radius 2 is 2.00 bits per heavy atom. The highest BCUT2D eigenvalue weighted by Crippen LogP contribution is 2.01. The van der Waals surface area contributed by atoms with Crippen molar-refractivity contribution in [2.75, 3.05) is 13.7 Å². The molecule has 0 fully saturated rings. The van der Waals surface area contributed by atoms with Crippen LogP contribution in [0.4, 0.5) is 0 Å². The summed E-state index contributed by atoms with van der Waals surface area (Å²) in [4.78, 5) is 22.0. The van der Waals surface area contributed by atoms with Gasteiger partial charge in [0.05, 0.1) is 12.6 Å². The monoisotopic (exact) mass is 217 g/mol. The minimum absolute atomic E-state index is 0.303. The van der Waals surface area contributed by atoms with Gasteiger partial charge in [-0.15, -0.1) is 0 Å². The second-order valence-electron chi connectivity index (χ2n) is 3.18. The molecule has 0 aromatic carbocycles. The van der Waals surface area contributed by atoms with Crippen molar-refractivity contribution in [2.45, 2.75) is 31.8 Å². The van der Waals surface area contributed by atoms with E-state index in [9.17, 15) is 9.59 Å². The molecule has 0 aliphatic heterocycles. The fraction of sp³-hybridized carbons (Fsp3) is 0.778. The number of hydrogen-bond donors (Lipinski definition) is 3. The molecule has 0 aromatic rings. The van der Waals surface area contributed by atoms with Crippen LogP contribution in [0.5, 0.6) is 0 Å². The van der Waals surface area contributed by atoms with Crippen LogP contribution in [0.15, 0.2) is 0 Å². The topological polar surface area (TPSA) is 107 Å². The molecular formula is C9H19N3O3. The van der Waals surface area contributed by atoms with Crippen LogP contribution in [-0.2, 0) is 14.3 Å². The summed E-state index contributed by atoms with van der Waals surface area (Å²) < 4.78 is 4.73. The third-order valence-corrected chi connectivity index (χ3v) is 2.05. The fourth-order valence-electron chi connectivity index (χ4n) is 1.14. The molecule has 15 heavy (non-hydrogen) atoms. The Morgan fingerprint density at radius 1 is 1.40 bits per heavy atom. The van der Waals surface area contributed by atoms with E-state index in [4.69, 9.17) is 16.2 Å². The van der Waals surface area contributed by atoms with Gasteiger partial charge in [-0.25, -0.2) is 0 Å². The molecule has 1 amide bonds. The van der Waals surface area contributed by atoms with E-state index in [1.54, 1.807) is 14.0 Å². The second-order valence-corrected chi connectivity index (χ2v) is 3.18. The van der Waals surface area contributed by atoms with Crippen LogP contribution < -0.4 is 16.8 Å². The van der Waals surface area contributed by atoms with Crippen molar-refractivity contribution in [3.8, 4) is 0 Å². The molecule has 5 N–H and O–H groups in total. The first kappa shape index (κ1) is 13.9. The molecule has 6 heteroatoms. The summed E-state index contributed by atoms with van der Waals surface area (Å²) in [6.07, 6.45) is 0.791. The van der Waals surface area contributed by atoms with Gasteiger partial charge in [0.1, 0.15) is 6.04 Å². The number of nitrogens with one attached hydrogen (secondary N) is 1. The van der Waals surface area contributed by atoms with Crippen molar-refractivity contribution in [3.05, 3.63) is 0 Å². The maximum absolute atomic E-state index is 11.1. The van der Waals surface area contributed by atoms with Crippen molar-refractivity contribution in [1.29, 1.82) is 0 Å². The smallest absolute Gasteiger partial charge is 0.322 e. The van der Waals surface area contributed by atoms with Gasteiger partial charge in [0.2, 0.25) is 5.91 Å². The van der Waals surface area contributed by atoms with Crippen molar-refractivity contribution >= 4 is 11.9 Å². The zero-order valence-corrected chi connectivity index (χ0v) is 9.16. The van der Waals surface area contributed by atoms with Gasteiger partial charge in [-0.3, -0.25) is 9.59 Å². The number of esters is 1. The molecule has 0 rings (SSSR count). The highest BCUT2D eigenvalue weighted by molar-refractivity contribution is 5.80. The van der Waals surface area contributed by atoms with Crippen LogP contribution in [0.1, 0.15) is 19.8 Å². The van der Waals surface area contributed by atoms with Crippen LogP contribution >= 0.6 is 0 Å². The Balaban J connectivity index is 3.92. The van der Waals surface area contributed by atoms with Crippen molar-refractivity contribution in [2.24, 2.45) is 11.5 Å². The number of hydrogen-bond acceptors (Lipinski definition) is 5. The molecule has 0 saturated heterocycles. The first-order valence-corrected chi connectivity index (χ1v) is 4.91. The van der Waals surface area contributed by atoms with Gasteiger partial charge in [0.15, 0.2) is 0 Å². The Labute approximate surface area is 89.3 Å². The lowest BCUT2D eigenvalue weighted by Crippen LogP contribution is -2.41. The molecule has 2 unspecified atom stereocenters. The van der Waals surface area contributed by atoms with E-state index in [0.717, 1.165) is 0 Å². The molecule has 0 aromatic heterocycles. The van der Waals surface area contributed by atoms with E-state index >= 15 is 0 Å². The van der Waals surface area contributed by atoms with Gasteiger partial charge >= 0.3 is 5.97 Å². The molecule has 0 spiro atoms. The number of rotatable bonds is 7. The van der Waals surface area contributed by atoms with Crippen molar-refractivity contribution < 1.29 is 14.3 Å². The summed E-state index contributed by atoms with van der Waals surface area (Å²) in [5.41, 5.74) is 10.7. The van der Waals surface area contributed by atoms with Crippen LogP contribution in [-0.4, -0.2) is 37.6 Å². The third-order valence-electron chi connectivity index (χ3n) is 2.05. The summed E-state index contributed by atoms with van der Waals surface area (Å²) in [6.45, 7) is 2.02.